The molecule has 31 heavy (non-hydrogen) atoms. The van der Waals surface area contributed by atoms with E-state index in [9.17, 15) is 9.59 Å². The number of rotatable bonds is 10. The summed E-state index contributed by atoms with van der Waals surface area (Å²) in [4.78, 5) is 27.0. The minimum absolute atomic E-state index is 0.221. The molecule has 0 heterocycles. The maximum absolute atomic E-state index is 12.7. The second-order valence-electron chi connectivity index (χ2n) is 6.91. The first-order valence-electron chi connectivity index (χ1n) is 9.77. The van der Waals surface area contributed by atoms with Crippen LogP contribution in [0.2, 0.25) is 0 Å². The Balaban J connectivity index is 2.14. The molecule has 2 aromatic carbocycles. The van der Waals surface area contributed by atoms with Crippen LogP contribution >= 0.6 is 0 Å². The lowest BCUT2D eigenvalue weighted by Crippen LogP contribution is -2.27. The van der Waals surface area contributed by atoms with Crippen molar-refractivity contribution in [2.24, 2.45) is 0 Å². The number of anilines is 3. The molecule has 0 bridgehead atoms. The van der Waals surface area contributed by atoms with Gasteiger partial charge in [0, 0.05) is 69.6 Å². The fraction of sp³-hybridized carbons (Fsp3) is 0.364. The molecule has 2 rings (SSSR count). The fourth-order valence-corrected chi connectivity index (χ4v) is 2.87. The molecule has 0 aliphatic heterocycles. The van der Waals surface area contributed by atoms with Crippen molar-refractivity contribution < 1.29 is 23.8 Å². The largest absolute Gasteiger partial charge is 0.497 e. The smallest absolute Gasteiger partial charge is 0.323 e. The summed E-state index contributed by atoms with van der Waals surface area (Å²) in [5, 5.41) is 8.37. The van der Waals surface area contributed by atoms with E-state index < -0.39 is 6.03 Å². The molecule has 0 saturated heterocycles. The minimum atomic E-state index is -0.459. The number of hydrogen-bond acceptors (Lipinski definition) is 6. The van der Waals surface area contributed by atoms with E-state index in [2.05, 4.69) is 16.0 Å². The van der Waals surface area contributed by atoms with Crippen LogP contribution in [0.1, 0.15) is 16.8 Å². The maximum atomic E-state index is 12.7. The van der Waals surface area contributed by atoms with Crippen LogP contribution < -0.4 is 30.3 Å². The third-order valence-electron chi connectivity index (χ3n) is 4.40. The van der Waals surface area contributed by atoms with Crippen molar-refractivity contribution in [1.29, 1.82) is 0 Å². The van der Waals surface area contributed by atoms with Gasteiger partial charge in [-0.2, -0.15) is 0 Å². The topological polar surface area (TPSA) is 101 Å². The van der Waals surface area contributed by atoms with Gasteiger partial charge in [0.05, 0.1) is 19.8 Å². The summed E-state index contributed by atoms with van der Waals surface area (Å²) in [6.07, 6.45) is 0.712. The van der Waals surface area contributed by atoms with Crippen LogP contribution in [-0.4, -0.2) is 60.5 Å². The van der Waals surface area contributed by atoms with Crippen LogP contribution in [0.15, 0.2) is 36.4 Å². The van der Waals surface area contributed by atoms with E-state index in [1.54, 1.807) is 43.5 Å². The quantitative estimate of drug-likeness (QED) is 0.501. The molecule has 168 valence electrons. The Morgan fingerprint density at radius 1 is 0.903 bits per heavy atom. The molecule has 2 aromatic rings. The van der Waals surface area contributed by atoms with Gasteiger partial charge in [-0.1, -0.05) is 0 Å². The Morgan fingerprint density at radius 2 is 1.55 bits per heavy atom. The van der Waals surface area contributed by atoms with Gasteiger partial charge in [0.2, 0.25) is 0 Å². The molecular formula is C22H30N4O5. The summed E-state index contributed by atoms with van der Waals surface area (Å²) in [5.74, 6) is 0.885. The van der Waals surface area contributed by atoms with Crippen molar-refractivity contribution in [3.63, 3.8) is 0 Å². The third-order valence-corrected chi connectivity index (χ3v) is 4.40. The fourth-order valence-electron chi connectivity index (χ4n) is 2.87. The number of ether oxygens (including phenoxy) is 3. The highest BCUT2D eigenvalue weighted by molar-refractivity contribution is 6.04. The van der Waals surface area contributed by atoms with Crippen molar-refractivity contribution in [3.05, 3.63) is 42.0 Å². The van der Waals surface area contributed by atoms with E-state index in [4.69, 9.17) is 14.2 Å². The van der Waals surface area contributed by atoms with Crippen LogP contribution in [0.25, 0.3) is 0 Å². The number of carbonyl (C=O) groups is 2. The maximum Gasteiger partial charge on any atom is 0.323 e. The SMILES string of the molecule is COCCCNC(=O)c1cc(NC(=O)Nc2cc(OC)cc(OC)c2)ccc1N(C)C. The third kappa shape index (κ3) is 7.07. The van der Waals surface area contributed by atoms with Gasteiger partial charge in [-0.3, -0.25) is 4.79 Å². The highest BCUT2D eigenvalue weighted by Gasteiger charge is 2.15. The normalized spacial score (nSPS) is 10.2. The highest BCUT2D eigenvalue weighted by atomic mass is 16.5. The molecule has 3 N–H and O–H groups in total. The summed E-state index contributed by atoms with van der Waals surface area (Å²) in [6.45, 7) is 1.06. The molecule has 9 nitrogen and oxygen atoms in total. The minimum Gasteiger partial charge on any atom is -0.497 e. The number of hydrogen-bond donors (Lipinski definition) is 3. The van der Waals surface area contributed by atoms with Gasteiger partial charge in [0.15, 0.2) is 0 Å². The molecule has 0 aromatic heterocycles. The molecule has 0 aliphatic rings. The van der Waals surface area contributed by atoms with Gasteiger partial charge in [0.1, 0.15) is 11.5 Å². The second-order valence-corrected chi connectivity index (χ2v) is 6.91. The zero-order valence-corrected chi connectivity index (χ0v) is 18.6. The van der Waals surface area contributed by atoms with Crippen molar-refractivity contribution in [3.8, 4) is 11.5 Å². The van der Waals surface area contributed by atoms with Gasteiger partial charge < -0.3 is 35.1 Å². The number of carbonyl (C=O) groups excluding carboxylic acids is 2. The summed E-state index contributed by atoms with van der Waals surface area (Å²) in [7, 11) is 8.40. The first kappa shape index (κ1) is 23.8. The number of methoxy groups -OCH3 is 3. The lowest BCUT2D eigenvalue weighted by atomic mass is 10.1. The van der Waals surface area contributed by atoms with E-state index in [0.29, 0.717) is 48.0 Å². The number of nitrogens with zero attached hydrogens (tertiary/aromatic N) is 1. The summed E-state index contributed by atoms with van der Waals surface area (Å²) in [6, 6.07) is 9.77. The standard InChI is InChI=1S/C22H30N4O5/c1-26(2)20-8-7-15(13-19(20)21(27)23-9-6-10-29-3)24-22(28)25-16-11-17(30-4)14-18(12-16)31-5/h7-8,11-14H,6,9-10H2,1-5H3,(H,23,27)(H2,24,25,28). The molecule has 0 spiro atoms. The Kier molecular flexibility index (Phi) is 8.95. The Bertz CT molecular complexity index is 879. The van der Waals surface area contributed by atoms with E-state index in [0.717, 1.165) is 5.69 Å². The zero-order valence-electron chi connectivity index (χ0n) is 18.6. The van der Waals surface area contributed by atoms with Gasteiger partial charge >= 0.3 is 6.03 Å². The van der Waals surface area contributed by atoms with Gasteiger partial charge in [-0.15, -0.1) is 0 Å². The van der Waals surface area contributed by atoms with E-state index in [-0.39, 0.29) is 5.91 Å². The molecule has 0 aliphatic carbocycles. The molecule has 0 saturated carbocycles. The van der Waals surface area contributed by atoms with Crippen LogP contribution in [-0.2, 0) is 4.74 Å². The first-order valence-corrected chi connectivity index (χ1v) is 9.77. The summed E-state index contributed by atoms with van der Waals surface area (Å²) in [5.41, 5.74) is 2.20. The van der Waals surface area contributed by atoms with Crippen molar-refractivity contribution in [2.45, 2.75) is 6.42 Å². The van der Waals surface area contributed by atoms with E-state index in [1.807, 2.05) is 19.0 Å². The molecular weight excluding hydrogens is 400 g/mol. The molecule has 0 radical (unpaired) electrons. The number of benzene rings is 2. The van der Waals surface area contributed by atoms with Crippen LogP contribution in [0.5, 0.6) is 11.5 Å². The second kappa shape index (κ2) is 11.7. The van der Waals surface area contributed by atoms with Gasteiger partial charge in [-0.25, -0.2) is 4.79 Å². The van der Waals surface area contributed by atoms with Gasteiger partial charge in [-0.05, 0) is 24.6 Å². The molecule has 9 heteroatoms. The number of nitrogens with one attached hydrogen (secondary N) is 3. The lowest BCUT2D eigenvalue weighted by Gasteiger charge is -2.19. The van der Waals surface area contributed by atoms with Crippen LogP contribution in [0, 0.1) is 0 Å². The number of amides is 3. The van der Waals surface area contributed by atoms with E-state index >= 15 is 0 Å². The predicted octanol–water partition coefficient (Wildman–Crippen LogP) is 3.18. The number of urea groups is 1. The van der Waals surface area contributed by atoms with Crippen molar-refractivity contribution in [1.82, 2.24) is 5.32 Å². The average Bonchev–Trinajstić information content (AvgIpc) is 2.75. The molecule has 0 unspecified atom stereocenters. The summed E-state index contributed by atoms with van der Waals surface area (Å²) < 4.78 is 15.4. The van der Waals surface area contributed by atoms with Crippen LogP contribution in [0.3, 0.4) is 0 Å². The van der Waals surface area contributed by atoms with Crippen molar-refractivity contribution in [2.75, 3.05) is 64.1 Å². The predicted molar refractivity (Wildman–Crippen MR) is 122 cm³/mol. The van der Waals surface area contributed by atoms with Gasteiger partial charge in [0.25, 0.3) is 5.91 Å². The first-order chi connectivity index (χ1) is 14.9. The monoisotopic (exact) mass is 430 g/mol. The van der Waals surface area contributed by atoms with E-state index in [1.165, 1.54) is 14.2 Å². The average molecular weight is 431 g/mol. The Morgan fingerprint density at radius 3 is 2.13 bits per heavy atom. The van der Waals surface area contributed by atoms with Crippen molar-refractivity contribution >= 4 is 29.0 Å². The Labute approximate surface area is 182 Å². The lowest BCUT2D eigenvalue weighted by molar-refractivity contribution is 0.0949. The zero-order chi connectivity index (χ0) is 22.8. The molecule has 0 atom stereocenters. The highest BCUT2D eigenvalue weighted by Crippen LogP contribution is 2.26. The molecule has 3 amide bonds. The van der Waals surface area contributed by atoms with Crippen LogP contribution in [0.4, 0.5) is 21.9 Å². The summed E-state index contributed by atoms with van der Waals surface area (Å²) >= 11 is 0. The Hall–Kier alpha value is -3.46. The molecule has 0 fully saturated rings.